The normalized spacial score (nSPS) is 10.7. The van der Waals surface area contributed by atoms with Gasteiger partial charge in [-0.25, -0.2) is 0 Å². The molecule has 0 heterocycles. The summed E-state index contributed by atoms with van der Waals surface area (Å²) in [6, 6.07) is 16.8. The highest BCUT2D eigenvalue weighted by Gasteiger charge is 2.11. The topological polar surface area (TPSA) is 24.5 Å². The Morgan fingerprint density at radius 1 is 1.16 bits per heavy atom. The Hall–Kier alpha value is -1.70. The van der Waals surface area contributed by atoms with Crippen LogP contribution in [0, 0.1) is 0 Å². The molecule has 0 spiro atoms. The predicted molar refractivity (Wildman–Crippen MR) is 103 cm³/mol. The Labute approximate surface area is 156 Å². The van der Waals surface area contributed by atoms with E-state index in [-0.39, 0.29) is 0 Å². The summed E-state index contributed by atoms with van der Waals surface area (Å²) in [4.78, 5) is 2.53. The molecule has 3 nitrogen and oxygen atoms in total. The van der Waals surface area contributed by atoms with Crippen molar-refractivity contribution in [2.75, 3.05) is 25.6 Å². The number of rotatable bonds is 8. The van der Waals surface area contributed by atoms with Crippen LogP contribution < -0.4 is 5.32 Å². The van der Waals surface area contributed by atoms with Gasteiger partial charge >= 0.3 is 0 Å². The summed E-state index contributed by atoms with van der Waals surface area (Å²) in [7, 11) is 1.65. The first-order valence-corrected chi connectivity index (χ1v) is 9.01. The summed E-state index contributed by atoms with van der Waals surface area (Å²) in [5.74, 6) is -2.42. The quantitative estimate of drug-likeness (QED) is 0.520. The zero-order valence-electron chi connectivity index (χ0n) is 13.8. The van der Waals surface area contributed by atoms with Crippen LogP contribution in [0.4, 0.5) is 14.5 Å². The number of nitrogens with one attached hydrogen (secondary N) is 1. The lowest BCUT2D eigenvalue weighted by atomic mass is 10.2. The minimum absolute atomic E-state index is 0.520. The second-order valence-electron chi connectivity index (χ2n) is 5.23. The number of ether oxygens (including phenoxy) is 1. The third-order valence-corrected chi connectivity index (χ3v) is 4.48. The first-order chi connectivity index (χ1) is 12.1. The molecule has 0 aliphatic heterocycles. The number of thioether (sulfide) groups is 1. The molecule has 0 unspecified atom stereocenters. The fourth-order valence-corrected chi connectivity index (χ4v) is 2.95. The van der Waals surface area contributed by atoms with Crippen molar-refractivity contribution in [3.8, 4) is 0 Å². The van der Waals surface area contributed by atoms with Gasteiger partial charge in [-0.1, -0.05) is 42.1 Å². The van der Waals surface area contributed by atoms with Crippen molar-refractivity contribution >= 4 is 34.8 Å². The largest absolute Gasteiger partial charge is 0.383 e. The Kier molecular flexibility index (Phi) is 8.11. The van der Waals surface area contributed by atoms with Crippen molar-refractivity contribution in [3.63, 3.8) is 0 Å². The summed E-state index contributed by atoms with van der Waals surface area (Å²) in [5, 5.41) is 3.72. The van der Waals surface area contributed by atoms with Crippen LogP contribution in [-0.4, -0.2) is 36.0 Å². The molecule has 0 atom stereocenters. The second-order valence-corrected chi connectivity index (χ2v) is 6.68. The second kappa shape index (κ2) is 10.3. The van der Waals surface area contributed by atoms with Gasteiger partial charge in [-0.3, -0.25) is 0 Å². The van der Waals surface area contributed by atoms with Crippen LogP contribution in [0.25, 0.3) is 0 Å². The molecule has 0 fully saturated rings. The monoisotopic (exact) mass is 382 g/mol. The Balaban J connectivity index is 2.00. The summed E-state index contributed by atoms with van der Waals surface area (Å²) in [5.41, 5.74) is 1.91. The van der Waals surface area contributed by atoms with E-state index in [2.05, 4.69) is 5.32 Å². The zero-order chi connectivity index (χ0) is 18.1. The fraction of sp³-hybridized carbons (Fsp3) is 0.278. The minimum atomic E-state index is -2.42. The number of alkyl halides is 2. The SMILES string of the molecule is COCCN(Cc1ccccc1)C(=S)Nc1ccc(SC(F)F)cc1. The molecule has 0 saturated heterocycles. The van der Waals surface area contributed by atoms with Crippen molar-refractivity contribution < 1.29 is 13.5 Å². The maximum absolute atomic E-state index is 12.4. The van der Waals surface area contributed by atoms with E-state index in [4.69, 9.17) is 17.0 Å². The van der Waals surface area contributed by atoms with Gasteiger partial charge in [0.2, 0.25) is 0 Å². The smallest absolute Gasteiger partial charge is 0.288 e. The molecule has 0 bridgehead atoms. The third kappa shape index (κ3) is 6.97. The van der Waals surface area contributed by atoms with E-state index in [9.17, 15) is 8.78 Å². The average Bonchev–Trinajstić information content (AvgIpc) is 2.60. The lowest BCUT2D eigenvalue weighted by molar-refractivity contribution is 0.175. The number of nitrogens with zero attached hydrogens (tertiary/aromatic N) is 1. The van der Waals surface area contributed by atoms with E-state index < -0.39 is 5.76 Å². The van der Waals surface area contributed by atoms with Gasteiger partial charge in [-0.05, 0) is 42.0 Å². The van der Waals surface area contributed by atoms with Gasteiger partial charge in [0.25, 0.3) is 5.76 Å². The molecule has 0 aliphatic carbocycles. The van der Waals surface area contributed by atoms with Crippen LogP contribution in [0.2, 0.25) is 0 Å². The highest BCUT2D eigenvalue weighted by atomic mass is 32.2. The number of anilines is 1. The Morgan fingerprint density at radius 2 is 1.84 bits per heavy atom. The van der Waals surface area contributed by atoms with Crippen LogP contribution in [0.3, 0.4) is 0 Å². The van der Waals surface area contributed by atoms with E-state index in [1.807, 2.05) is 35.2 Å². The summed E-state index contributed by atoms with van der Waals surface area (Å²) >= 11 is 6.03. The molecular weight excluding hydrogens is 362 g/mol. The molecular formula is C18H20F2N2OS2. The molecule has 25 heavy (non-hydrogen) atoms. The molecule has 7 heteroatoms. The lowest BCUT2D eigenvalue weighted by Crippen LogP contribution is -2.36. The average molecular weight is 383 g/mol. The van der Waals surface area contributed by atoms with Gasteiger partial charge in [0.05, 0.1) is 6.61 Å². The number of benzene rings is 2. The van der Waals surface area contributed by atoms with Gasteiger partial charge < -0.3 is 15.0 Å². The van der Waals surface area contributed by atoms with Gasteiger partial charge in [0.15, 0.2) is 5.11 Å². The maximum Gasteiger partial charge on any atom is 0.288 e. The van der Waals surface area contributed by atoms with Crippen molar-refractivity contribution in [2.24, 2.45) is 0 Å². The first kappa shape index (κ1) is 19.6. The van der Waals surface area contributed by atoms with Crippen molar-refractivity contribution in [1.29, 1.82) is 0 Å². The van der Waals surface area contributed by atoms with Crippen molar-refractivity contribution in [1.82, 2.24) is 4.90 Å². The van der Waals surface area contributed by atoms with Crippen molar-refractivity contribution in [3.05, 3.63) is 60.2 Å². The number of hydrogen-bond donors (Lipinski definition) is 1. The number of methoxy groups -OCH3 is 1. The number of hydrogen-bond acceptors (Lipinski definition) is 3. The van der Waals surface area contributed by atoms with Crippen LogP contribution in [0.15, 0.2) is 59.5 Å². The molecule has 2 aromatic carbocycles. The molecule has 1 N–H and O–H groups in total. The summed E-state index contributed by atoms with van der Waals surface area (Å²) in [6.45, 7) is 1.87. The van der Waals surface area contributed by atoms with Crippen LogP contribution in [-0.2, 0) is 11.3 Å². The minimum Gasteiger partial charge on any atom is -0.383 e. The summed E-state index contributed by atoms with van der Waals surface area (Å²) in [6.07, 6.45) is 0. The molecule has 2 rings (SSSR count). The molecule has 134 valence electrons. The molecule has 2 aromatic rings. The van der Waals surface area contributed by atoms with Crippen LogP contribution in [0.1, 0.15) is 5.56 Å². The highest BCUT2D eigenvalue weighted by Crippen LogP contribution is 2.26. The van der Waals surface area contributed by atoms with E-state index in [1.165, 1.54) is 0 Å². The molecule has 0 aromatic heterocycles. The van der Waals surface area contributed by atoms with Gasteiger partial charge in [-0.2, -0.15) is 8.78 Å². The molecule has 0 radical (unpaired) electrons. The maximum atomic E-state index is 12.4. The van der Waals surface area contributed by atoms with E-state index in [1.54, 1.807) is 31.4 Å². The molecule has 0 amide bonds. The van der Waals surface area contributed by atoms with Crippen LogP contribution >= 0.6 is 24.0 Å². The van der Waals surface area contributed by atoms with E-state index in [0.717, 1.165) is 11.3 Å². The standard InChI is InChI=1S/C18H20F2N2OS2/c1-23-12-11-22(13-14-5-3-2-4-6-14)18(24)21-15-7-9-16(10-8-15)25-17(19)20/h2-10,17H,11-13H2,1H3,(H,21,24). The van der Waals surface area contributed by atoms with E-state index >= 15 is 0 Å². The van der Waals surface area contributed by atoms with E-state index in [0.29, 0.717) is 41.5 Å². The summed E-state index contributed by atoms with van der Waals surface area (Å²) < 4.78 is 29.9. The number of thiocarbonyl (C=S) groups is 1. The lowest BCUT2D eigenvalue weighted by Gasteiger charge is -2.26. The van der Waals surface area contributed by atoms with Crippen LogP contribution in [0.5, 0.6) is 0 Å². The van der Waals surface area contributed by atoms with Crippen molar-refractivity contribution in [2.45, 2.75) is 17.2 Å². The molecule has 0 aliphatic rings. The van der Waals surface area contributed by atoms with Gasteiger partial charge in [-0.15, -0.1) is 0 Å². The first-order valence-electron chi connectivity index (χ1n) is 7.72. The third-order valence-electron chi connectivity index (χ3n) is 3.40. The number of halogens is 2. The van der Waals surface area contributed by atoms with Gasteiger partial charge in [0, 0.05) is 30.8 Å². The highest BCUT2D eigenvalue weighted by molar-refractivity contribution is 7.99. The Bertz CT molecular complexity index is 654. The zero-order valence-corrected chi connectivity index (χ0v) is 15.5. The molecule has 0 saturated carbocycles. The fourth-order valence-electron chi connectivity index (χ4n) is 2.18. The Morgan fingerprint density at radius 3 is 2.44 bits per heavy atom. The van der Waals surface area contributed by atoms with Gasteiger partial charge in [0.1, 0.15) is 0 Å². The predicted octanol–water partition coefficient (Wildman–Crippen LogP) is 4.85.